The topological polar surface area (TPSA) is 76.1 Å². The van der Waals surface area contributed by atoms with Gasteiger partial charge in [-0.25, -0.2) is 4.79 Å². The number of carbonyl (C=O) groups is 2. The molecule has 0 atom stereocenters. The van der Waals surface area contributed by atoms with Crippen LogP contribution in [0.3, 0.4) is 0 Å². The lowest BCUT2D eigenvalue weighted by Crippen LogP contribution is -2.29. The molecule has 1 heterocycles. The fourth-order valence-electron chi connectivity index (χ4n) is 3.34. The Labute approximate surface area is 176 Å². The number of hydrogen-bond donors (Lipinski definition) is 1. The summed E-state index contributed by atoms with van der Waals surface area (Å²) in [7, 11) is 0. The predicted molar refractivity (Wildman–Crippen MR) is 114 cm³/mol. The average molecular weight is 409 g/mol. The summed E-state index contributed by atoms with van der Waals surface area (Å²) in [4.78, 5) is 24.2. The third-order valence-corrected chi connectivity index (χ3v) is 4.92. The summed E-state index contributed by atoms with van der Waals surface area (Å²) in [6.07, 6.45) is 5.61. The first-order valence-corrected chi connectivity index (χ1v) is 10.2. The zero-order valence-electron chi connectivity index (χ0n) is 17.0. The van der Waals surface area contributed by atoms with Gasteiger partial charge in [-0.15, -0.1) is 0 Å². The van der Waals surface area contributed by atoms with Gasteiger partial charge in [0.05, 0.1) is 6.54 Å². The van der Waals surface area contributed by atoms with E-state index in [1.54, 1.807) is 6.08 Å². The number of allylic oxidation sites excluding steroid dienone is 1. The van der Waals surface area contributed by atoms with Crippen molar-refractivity contribution in [2.45, 2.75) is 32.3 Å². The lowest BCUT2D eigenvalue weighted by atomic mass is 10.1. The second-order valence-corrected chi connectivity index (χ2v) is 7.16. The van der Waals surface area contributed by atoms with E-state index in [0.717, 1.165) is 35.9 Å². The second-order valence-electron chi connectivity index (χ2n) is 7.16. The van der Waals surface area contributed by atoms with Crippen LogP contribution in [0.2, 0.25) is 0 Å². The highest BCUT2D eigenvalue weighted by molar-refractivity contribution is 5.79. The molecule has 158 valence electrons. The number of hydrogen-bond acceptors (Lipinski definition) is 4. The van der Waals surface area contributed by atoms with E-state index >= 15 is 0 Å². The maximum absolute atomic E-state index is 11.7. The quantitative estimate of drug-likeness (QED) is 0.571. The molecule has 6 heteroatoms. The third-order valence-electron chi connectivity index (χ3n) is 4.92. The lowest BCUT2D eigenvalue weighted by molar-refractivity contribution is -0.131. The minimum Gasteiger partial charge on any atom is -0.492 e. The number of aliphatic carboxylic acids is 1. The molecule has 1 N–H and O–H groups in total. The Kier molecular flexibility index (Phi) is 7.89. The Morgan fingerprint density at radius 1 is 1.13 bits per heavy atom. The van der Waals surface area contributed by atoms with Crippen LogP contribution in [0.25, 0.3) is 0 Å². The molecule has 0 saturated carbocycles. The number of carbonyl (C=O) groups excluding carboxylic acids is 1. The second kappa shape index (κ2) is 11.0. The Hall–Kier alpha value is -3.28. The number of benzene rings is 2. The largest absolute Gasteiger partial charge is 0.492 e. The van der Waals surface area contributed by atoms with E-state index in [0.29, 0.717) is 44.8 Å². The number of nitrogens with zero attached hydrogens (tertiary/aromatic N) is 1. The van der Waals surface area contributed by atoms with Crippen LogP contribution in [0.4, 0.5) is 0 Å². The van der Waals surface area contributed by atoms with Gasteiger partial charge in [-0.1, -0.05) is 42.5 Å². The number of likely N-dealkylation sites (tertiary alicyclic amines) is 1. The highest BCUT2D eigenvalue weighted by Crippen LogP contribution is 2.27. The van der Waals surface area contributed by atoms with Crippen molar-refractivity contribution in [3.63, 3.8) is 0 Å². The Morgan fingerprint density at radius 2 is 1.97 bits per heavy atom. The molecule has 2 aromatic carbocycles. The van der Waals surface area contributed by atoms with E-state index < -0.39 is 5.97 Å². The van der Waals surface area contributed by atoms with E-state index in [1.807, 2.05) is 53.4 Å². The first-order valence-electron chi connectivity index (χ1n) is 10.2. The van der Waals surface area contributed by atoms with E-state index in [9.17, 15) is 9.59 Å². The summed E-state index contributed by atoms with van der Waals surface area (Å²) >= 11 is 0. The van der Waals surface area contributed by atoms with Gasteiger partial charge < -0.3 is 19.5 Å². The fraction of sp³-hybridized carbons (Fsp3) is 0.333. The summed E-state index contributed by atoms with van der Waals surface area (Å²) in [6, 6.07) is 15.6. The van der Waals surface area contributed by atoms with E-state index in [1.165, 1.54) is 0 Å². The van der Waals surface area contributed by atoms with Crippen molar-refractivity contribution in [2.75, 3.05) is 19.7 Å². The molecule has 1 aliphatic heterocycles. The first-order chi connectivity index (χ1) is 14.6. The van der Waals surface area contributed by atoms with Crippen molar-refractivity contribution in [2.24, 2.45) is 0 Å². The van der Waals surface area contributed by atoms with Crippen LogP contribution in [-0.4, -0.2) is 41.6 Å². The van der Waals surface area contributed by atoms with Gasteiger partial charge >= 0.3 is 5.97 Å². The van der Waals surface area contributed by atoms with Gasteiger partial charge in [-0.2, -0.15) is 0 Å². The van der Waals surface area contributed by atoms with Crippen LogP contribution in [0.5, 0.6) is 11.5 Å². The first kappa shape index (κ1) is 21.4. The molecule has 3 rings (SSSR count). The normalized spacial score (nSPS) is 13.7. The van der Waals surface area contributed by atoms with Crippen LogP contribution >= 0.6 is 0 Å². The molecule has 1 amide bonds. The monoisotopic (exact) mass is 409 g/mol. The molecule has 1 aliphatic rings. The number of rotatable bonds is 11. The van der Waals surface area contributed by atoms with Gasteiger partial charge in [0.1, 0.15) is 24.7 Å². The Balaban J connectivity index is 1.63. The molecule has 6 nitrogen and oxygen atoms in total. The molecule has 1 saturated heterocycles. The van der Waals surface area contributed by atoms with Crippen LogP contribution in [-0.2, 0) is 22.6 Å². The van der Waals surface area contributed by atoms with Crippen molar-refractivity contribution in [1.29, 1.82) is 0 Å². The van der Waals surface area contributed by atoms with Crippen molar-refractivity contribution in [1.82, 2.24) is 4.90 Å². The van der Waals surface area contributed by atoms with E-state index in [2.05, 4.69) is 0 Å². The molecule has 0 radical (unpaired) electrons. The maximum Gasteiger partial charge on any atom is 0.327 e. The minimum absolute atomic E-state index is 0.190. The predicted octanol–water partition coefficient (Wildman–Crippen LogP) is 3.84. The summed E-state index contributed by atoms with van der Waals surface area (Å²) in [5, 5.41) is 8.74. The molecule has 0 aliphatic carbocycles. The molecule has 1 fully saturated rings. The van der Waals surface area contributed by atoms with Gasteiger partial charge in [0.25, 0.3) is 0 Å². The van der Waals surface area contributed by atoms with Gasteiger partial charge in [0.15, 0.2) is 0 Å². The minimum atomic E-state index is -0.948. The number of aryl methyl sites for hydroxylation is 1. The fourth-order valence-corrected chi connectivity index (χ4v) is 3.34. The number of ether oxygens (including phenoxy) is 2. The number of carboxylic acids is 1. The molecule has 2 aromatic rings. The van der Waals surface area contributed by atoms with Gasteiger partial charge in [0, 0.05) is 25.1 Å². The third kappa shape index (κ3) is 6.65. The molecular weight excluding hydrogens is 382 g/mol. The number of amides is 1. The van der Waals surface area contributed by atoms with Crippen molar-refractivity contribution in [3.05, 3.63) is 71.8 Å². The standard InChI is InChI=1S/C24H27NO5/c26-23-10-6-14-25(23)15-16-29-21-13-12-20(9-4-5-11-24(27)28)22(17-21)30-18-19-7-2-1-3-8-19/h1-3,5,7-8,11-13,17H,4,6,9-10,14-16,18H2,(H,27,28)/b11-5+. The Morgan fingerprint density at radius 3 is 2.70 bits per heavy atom. The molecular formula is C24H27NO5. The smallest absolute Gasteiger partial charge is 0.327 e. The maximum atomic E-state index is 11.7. The lowest BCUT2D eigenvalue weighted by Gasteiger charge is -2.17. The van der Waals surface area contributed by atoms with Gasteiger partial charge in [0.2, 0.25) is 5.91 Å². The van der Waals surface area contributed by atoms with E-state index in [-0.39, 0.29) is 5.91 Å². The van der Waals surface area contributed by atoms with Crippen LogP contribution < -0.4 is 9.47 Å². The zero-order chi connectivity index (χ0) is 21.2. The zero-order valence-corrected chi connectivity index (χ0v) is 17.0. The summed E-state index contributed by atoms with van der Waals surface area (Å²) < 4.78 is 11.9. The van der Waals surface area contributed by atoms with Crippen LogP contribution in [0, 0.1) is 0 Å². The summed E-state index contributed by atoms with van der Waals surface area (Å²) in [5.41, 5.74) is 2.05. The van der Waals surface area contributed by atoms with E-state index in [4.69, 9.17) is 14.6 Å². The average Bonchev–Trinajstić information content (AvgIpc) is 3.16. The van der Waals surface area contributed by atoms with Crippen molar-refractivity contribution in [3.8, 4) is 11.5 Å². The van der Waals surface area contributed by atoms with Crippen LogP contribution in [0.15, 0.2) is 60.7 Å². The number of carboxylic acid groups (broad SMARTS) is 1. The highest BCUT2D eigenvalue weighted by Gasteiger charge is 2.19. The summed E-state index contributed by atoms with van der Waals surface area (Å²) in [5.74, 6) is 0.651. The highest BCUT2D eigenvalue weighted by atomic mass is 16.5. The SMILES string of the molecule is O=C(O)/C=C/CCc1ccc(OCCN2CCCC2=O)cc1OCc1ccccc1. The van der Waals surface area contributed by atoms with Gasteiger partial charge in [-0.05, 0) is 36.5 Å². The molecule has 30 heavy (non-hydrogen) atoms. The molecule has 0 spiro atoms. The Bertz CT molecular complexity index is 878. The summed E-state index contributed by atoms with van der Waals surface area (Å²) in [6.45, 7) is 2.26. The molecule has 0 bridgehead atoms. The van der Waals surface area contributed by atoms with Crippen molar-refractivity contribution >= 4 is 11.9 Å². The van der Waals surface area contributed by atoms with Crippen LogP contribution in [0.1, 0.15) is 30.4 Å². The van der Waals surface area contributed by atoms with Crippen molar-refractivity contribution < 1.29 is 24.2 Å². The molecule has 0 aromatic heterocycles. The van der Waals surface area contributed by atoms with Gasteiger partial charge in [-0.3, -0.25) is 4.79 Å². The molecule has 0 unspecified atom stereocenters.